The van der Waals surface area contributed by atoms with Crippen LogP contribution < -0.4 is 14.8 Å². The minimum Gasteiger partial charge on any atom is -0.490 e. The monoisotopic (exact) mass is 307 g/mol. The van der Waals surface area contributed by atoms with E-state index >= 15 is 0 Å². The summed E-state index contributed by atoms with van der Waals surface area (Å²) >= 11 is 1.68. The van der Waals surface area contributed by atoms with Crippen LogP contribution in [0.2, 0.25) is 0 Å². The Morgan fingerprint density at radius 1 is 1.19 bits per heavy atom. The molecule has 0 bridgehead atoms. The Bertz CT molecular complexity index is 528. The van der Waals surface area contributed by atoms with Crippen LogP contribution >= 0.6 is 11.3 Å². The van der Waals surface area contributed by atoms with E-state index in [4.69, 9.17) is 14.6 Å². The average molecular weight is 307 g/mol. The zero-order valence-electron chi connectivity index (χ0n) is 12.2. The van der Waals surface area contributed by atoms with Crippen LogP contribution in [0.5, 0.6) is 11.5 Å². The second kappa shape index (κ2) is 8.67. The molecule has 114 valence electrons. The van der Waals surface area contributed by atoms with E-state index in [1.807, 2.05) is 36.6 Å². The molecule has 2 N–H and O–H groups in total. The molecule has 1 aromatic heterocycles. The summed E-state index contributed by atoms with van der Waals surface area (Å²) < 4.78 is 11.5. The summed E-state index contributed by atoms with van der Waals surface area (Å²) in [5, 5.41) is 14.0. The molecule has 0 aliphatic rings. The summed E-state index contributed by atoms with van der Waals surface area (Å²) in [6.45, 7) is 4.54. The van der Waals surface area contributed by atoms with E-state index in [9.17, 15) is 0 Å². The number of aliphatic hydroxyl groups excluding tert-OH is 1. The number of ether oxygens (including phenoxy) is 2. The molecule has 1 heterocycles. The Morgan fingerprint density at radius 3 is 2.81 bits per heavy atom. The van der Waals surface area contributed by atoms with Gasteiger partial charge in [0.1, 0.15) is 6.61 Å². The Labute approximate surface area is 129 Å². The van der Waals surface area contributed by atoms with Gasteiger partial charge in [0.2, 0.25) is 0 Å². The molecule has 0 saturated carbocycles. The van der Waals surface area contributed by atoms with Gasteiger partial charge in [-0.2, -0.15) is 0 Å². The predicted octanol–water partition coefficient (Wildman–Crippen LogP) is 2.81. The summed E-state index contributed by atoms with van der Waals surface area (Å²) in [6, 6.07) is 10.0. The number of aliphatic hydroxyl groups is 1. The van der Waals surface area contributed by atoms with E-state index in [2.05, 4.69) is 11.4 Å². The standard InChI is InChI=1S/C16H21NO3S/c1-2-19-16-10-13(11-17-7-8-18)5-6-15(16)20-12-14-4-3-9-21-14/h3-6,9-10,17-18H,2,7-8,11-12H2,1H3. The zero-order valence-corrected chi connectivity index (χ0v) is 13.0. The highest BCUT2D eigenvalue weighted by Crippen LogP contribution is 2.29. The van der Waals surface area contributed by atoms with E-state index in [1.54, 1.807) is 11.3 Å². The number of thiophene rings is 1. The van der Waals surface area contributed by atoms with E-state index in [-0.39, 0.29) is 6.61 Å². The lowest BCUT2D eigenvalue weighted by Gasteiger charge is -2.13. The fourth-order valence-corrected chi connectivity index (χ4v) is 2.52. The molecule has 2 aromatic rings. The highest BCUT2D eigenvalue weighted by Gasteiger charge is 2.07. The maximum atomic E-state index is 8.78. The number of hydrogen-bond donors (Lipinski definition) is 2. The van der Waals surface area contributed by atoms with Crippen molar-refractivity contribution < 1.29 is 14.6 Å². The van der Waals surface area contributed by atoms with Crippen molar-refractivity contribution in [1.82, 2.24) is 5.32 Å². The lowest BCUT2D eigenvalue weighted by molar-refractivity contribution is 0.271. The van der Waals surface area contributed by atoms with Crippen molar-refractivity contribution in [2.24, 2.45) is 0 Å². The minimum atomic E-state index is 0.139. The van der Waals surface area contributed by atoms with Gasteiger partial charge in [0.05, 0.1) is 13.2 Å². The van der Waals surface area contributed by atoms with Crippen molar-refractivity contribution in [3.8, 4) is 11.5 Å². The van der Waals surface area contributed by atoms with Gasteiger partial charge in [-0.15, -0.1) is 11.3 Å². The Hall–Kier alpha value is -1.56. The maximum absolute atomic E-state index is 8.78. The van der Waals surface area contributed by atoms with E-state index in [0.29, 0.717) is 26.3 Å². The number of nitrogens with one attached hydrogen (secondary N) is 1. The van der Waals surface area contributed by atoms with Crippen LogP contribution in [0.1, 0.15) is 17.4 Å². The van der Waals surface area contributed by atoms with Crippen molar-refractivity contribution >= 4 is 11.3 Å². The fourth-order valence-electron chi connectivity index (χ4n) is 1.91. The van der Waals surface area contributed by atoms with Crippen LogP contribution in [0.15, 0.2) is 35.7 Å². The molecule has 0 atom stereocenters. The first kappa shape index (κ1) is 15.8. The summed E-state index contributed by atoms with van der Waals surface area (Å²) in [7, 11) is 0. The fraction of sp³-hybridized carbons (Fsp3) is 0.375. The number of hydrogen-bond acceptors (Lipinski definition) is 5. The van der Waals surface area contributed by atoms with Crippen molar-refractivity contribution in [3.63, 3.8) is 0 Å². The molecule has 5 heteroatoms. The smallest absolute Gasteiger partial charge is 0.161 e. The predicted molar refractivity (Wildman–Crippen MR) is 85.1 cm³/mol. The quantitative estimate of drug-likeness (QED) is 0.700. The van der Waals surface area contributed by atoms with Crippen LogP contribution in [-0.4, -0.2) is 24.9 Å². The molecule has 0 fully saturated rings. The molecule has 1 aromatic carbocycles. The third-order valence-electron chi connectivity index (χ3n) is 2.88. The average Bonchev–Trinajstić information content (AvgIpc) is 3.00. The van der Waals surface area contributed by atoms with Crippen LogP contribution in [0.4, 0.5) is 0 Å². The van der Waals surface area contributed by atoms with Gasteiger partial charge in [0.25, 0.3) is 0 Å². The van der Waals surface area contributed by atoms with Crippen molar-refractivity contribution in [2.75, 3.05) is 19.8 Å². The van der Waals surface area contributed by atoms with Crippen molar-refractivity contribution in [1.29, 1.82) is 0 Å². The number of rotatable bonds is 9. The molecule has 21 heavy (non-hydrogen) atoms. The molecular formula is C16H21NO3S. The first-order chi connectivity index (χ1) is 10.3. The second-order valence-corrected chi connectivity index (χ2v) is 5.51. The van der Waals surface area contributed by atoms with E-state index < -0.39 is 0 Å². The molecule has 0 amide bonds. The topological polar surface area (TPSA) is 50.7 Å². The van der Waals surface area contributed by atoms with Gasteiger partial charge in [-0.25, -0.2) is 0 Å². The highest BCUT2D eigenvalue weighted by molar-refractivity contribution is 7.09. The van der Waals surface area contributed by atoms with E-state index in [1.165, 1.54) is 4.88 Å². The van der Waals surface area contributed by atoms with Crippen LogP contribution in [-0.2, 0) is 13.2 Å². The Morgan fingerprint density at radius 2 is 2.10 bits per heavy atom. The summed E-state index contributed by atoms with van der Waals surface area (Å²) in [6.07, 6.45) is 0. The van der Waals surface area contributed by atoms with Crippen LogP contribution in [0, 0.1) is 0 Å². The Kier molecular flexibility index (Phi) is 6.53. The zero-order chi connectivity index (χ0) is 14.9. The largest absolute Gasteiger partial charge is 0.490 e. The lowest BCUT2D eigenvalue weighted by Crippen LogP contribution is -2.17. The third kappa shape index (κ3) is 5.04. The molecule has 0 unspecified atom stereocenters. The SMILES string of the molecule is CCOc1cc(CNCCO)ccc1OCc1cccs1. The first-order valence-corrected chi connectivity index (χ1v) is 7.94. The maximum Gasteiger partial charge on any atom is 0.161 e. The minimum absolute atomic E-state index is 0.139. The van der Waals surface area contributed by atoms with Crippen LogP contribution in [0.3, 0.4) is 0 Å². The summed E-state index contributed by atoms with van der Waals surface area (Å²) in [5.74, 6) is 1.52. The molecule has 0 aliphatic heterocycles. The molecule has 0 aliphatic carbocycles. The molecule has 4 nitrogen and oxygen atoms in total. The molecule has 0 spiro atoms. The van der Waals surface area contributed by atoms with Gasteiger partial charge in [-0.05, 0) is 36.1 Å². The van der Waals surface area contributed by atoms with Crippen molar-refractivity contribution in [2.45, 2.75) is 20.1 Å². The summed E-state index contributed by atoms with van der Waals surface area (Å²) in [5.41, 5.74) is 1.11. The highest BCUT2D eigenvalue weighted by atomic mass is 32.1. The van der Waals surface area contributed by atoms with Crippen molar-refractivity contribution in [3.05, 3.63) is 46.2 Å². The normalized spacial score (nSPS) is 10.6. The molecular weight excluding hydrogens is 286 g/mol. The van der Waals surface area contributed by atoms with Gasteiger partial charge in [-0.3, -0.25) is 0 Å². The second-order valence-electron chi connectivity index (χ2n) is 4.48. The van der Waals surface area contributed by atoms with Gasteiger partial charge < -0.3 is 19.9 Å². The van der Waals surface area contributed by atoms with Gasteiger partial charge >= 0.3 is 0 Å². The molecule has 0 radical (unpaired) electrons. The Balaban J connectivity index is 2.01. The van der Waals surface area contributed by atoms with Gasteiger partial charge in [0.15, 0.2) is 11.5 Å². The number of benzene rings is 1. The van der Waals surface area contributed by atoms with E-state index in [0.717, 1.165) is 17.1 Å². The van der Waals surface area contributed by atoms with Gasteiger partial charge in [0, 0.05) is 18.0 Å². The summed E-state index contributed by atoms with van der Waals surface area (Å²) in [4.78, 5) is 1.19. The molecule has 2 rings (SSSR count). The van der Waals surface area contributed by atoms with Crippen LogP contribution in [0.25, 0.3) is 0 Å². The lowest BCUT2D eigenvalue weighted by atomic mass is 10.2. The first-order valence-electron chi connectivity index (χ1n) is 7.06. The van der Waals surface area contributed by atoms with Gasteiger partial charge in [-0.1, -0.05) is 12.1 Å². The molecule has 0 saturated heterocycles. The third-order valence-corrected chi connectivity index (χ3v) is 3.73.